The molecule has 1 aromatic rings. The maximum Gasteiger partial charge on any atom is 0.324 e. The molecule has 0 heterocycles. The fraction of sp³-hybridized carbons (Fsp3) is 0.533. The Balaban J connectivity index is 2.95. The molecule has 1 atom stereocenters. The minimum Gasteiger partial charge on any atom is -0.468 e. The first-order valence-electron chi connectivity index (χ1n) is 6.75. The van der Waals surface area contributed by atoms with E-state index in [0.29, 0.717) is 18.4 Å². The van der Waals surface area contributed by atoms with Crippen molar-refractivity contribution >= 4 is 15.8 Å². The molecule has 0 bridgehead atoms. The fourth-order valence-electron chi connectivity index (χ4n) is 2.10. The first-order chi connectivity index (χ1) is 9.40. The fourth-order valence-corrected chi connectivity index (χ4v) is 3.86. The predicted octanol–water partition coefficient (Wildman–Crippen LogP) is 2.64. The van der Waals surface area contributed by atoms with Crippen LogP contribution in [-0.4, -0.2) is 26.7 Å². The van der Waals surface area contributed by atoms with Crippen molar-refractivity contribution in [1.82, 2.24) is 0 Å². The van der Waals surface area contributed by atoms with Crippen LogP contribution in [0.5, 0.6) is 0 Å². The number of hydrogen-bond donors (Lipinski definition) is 0. The lowest BCUT2D eigenvalue weighted by Crippen LogP contribution is -2.32. The molecule has 112 valence electrons. The van der Waals surface area contributed by atoms with E-state index in [1.54, 1.807) is 6.07 Å². The van der Waals surface area contributed by atoms with E-state index in [-0.39, 0.29) is 5.75 Å². The number of rotatable bonds is 7. The first kappa shape index (κ1) is 16.7. The summed E-state index contributed by atoms with van der Waals surface area (Å²) in [4.78, 5) is 11.7. The van der Waals surface area contributed by atoms with Gasteiger partial charge in [0.2, 0.25) is 0 Å². The van der Waals surface area contributed by atoms with E-state index in [2.05, 4.69) is 4.74 Å². The second kappa shape index (κ2) is 7.43. The standard InChI is InChI=1S/C15H22O4S/c1-4-5-9-14(15(16)19-3)20(17,18)11-13-8-6-7-12(2)10-13/h6-8,10,14H,4-5,9,11H2,1-3H3. The van der Waals surface area contributed by atoms with E-state index in [4.69, 9.17) is 0 Å². The molecule has 0 spiro atoms. The molecule has 0 amide bonds. The molecular formula is C15H22O4S. The monoisotopic (exact) mass is 298 g/mol. The van der Waals surface area contributed by atoms with Crippen LogP contribution < -0.4 is 0 Å². The lowest BCUT2D eigenvalue weighted by Gasteiger charge is -2.15. The van der Waals surface area contributed by atoms with Gasteiger partial charge in [0.25, 0.3) is 0 Å². The number of benzene rings is 1. The van der Waals surface area contributed by atoms with Crippen LogP contribution in [0.15, 0.2) is 24.3 Å². The van der Waals surface area contributed by atoms with Crippen molar-refractivity contribution in [1.29, 1.82) is 0 Å². The highest BCUT2D eigenvalue weighted by Crippen LogP contribution is 2.18. The largest absolute Gasteiger partial charge is 0.468 e. The van der Waals surface area contributed by atoms with Gasteiger partial charge in [0, 0.05) is 0 Å². The summed E-state index contributed by atoms with van der Waals surface area (Å²) >= 11 is 0. The van der Waals surface area contributed by atoms with Crippen LogP contribution in [0.4, 0.5) is 0 Å². The summed E-state index contributed by atoms with van der Waals surface area (Å²) in [5, 5.41) is -1.06. The Morgan fingerprint density at radius 1 is 1.35 bits per heavy atom. The number of aryl methyl sites for hydroxylation is 1. The molecule has 0 N–H and O–H groups in total. The number of ether oxygens (including phenoxy) is 1. The topological polar surface area (TPSA) is 60.4 Å². The maximum atomic E-state index is 12.4. The summed E-state index contributed by atoms with van der Waals surface area (Å²) < 4.78 is 29.5. The second-order valence-electron chi connectivity index (χ2n) is 4.95. The van der Waals surface area contributed by atoms with Crippen LogP contribution in [0.2, 0.25) is 0 Å². The Labute approximate surface area is 121 Å². The van der Waals surface area contributed by atoms with Crippen LogP contribution in [0.3, 0.4) is 0 Å². The number of esters is 1. The summed E-state index contributed by atoms with van der Waals surface area (Å²) in [7, 11) is -2.32. The van der Waals surface area contributed by atoms with Gasteiger partial charge in [-0.3, -0.25) is 4.79 Å². The van der Waals surface area contributed by atoms with Crippen LogP contribution in [0.1, 0.15) is 37.3 Å². The molecular weight excluding hydrogens is 276 g/mol. The Kier molecular flexibility index (Phi) is 6.20. The number of sulfone groups is 1. The number of methoxy groups -OCH3 is 1. The van der Waals surface area contributed by atoms with Crippen molar-refractivity contribution < 1.29 is 17.9 Å². The molecule has 0 saturated carbocycles. The van der Waals surface area contributed by atoms with Crippen molar-refractivity contribution in [2.24, 2.45) is 0 Å². The molecule has 0 aliphatic carbocycles. The van der Waals surface area contributed by atoms with E-state index >= 15 is 0 Å². The highest BCUT2D eigenvalue weighted by atomic mass is 32.2. The summed E-state index contributed by atoms with van der Waals surface area (Å²) in [5.74, 6) is -0.788. The van der Waals surface area contributed by atoms with Gasteiger partial charge < -0.3 is 4.74 Å². The van der Waals surface area contributed by atoms with Crippen molar-refractivity contribution in [3.63, 3.8) is 0 Å². The summed E-state index contributed by atoms with van der Waals surface area (Å²) in [6, 6.07) is 7.31. The second-order valence-corrected chi connectivity index (χ2v) is 7.13. The Hall–Kier alpha value is -1.36. The van der Waals surface area contributed by atoms with E-state index in [0.717, 1.165) is 12.0 Å². The zero-order valence-corrected chi connectivity index (χ0v) is 13.1. The van der Waals surface area contributed by atoms with Gasteiger partial charge in [0.05, 0.1) is 12.9 Å². The summed E-state index contributed by atoms with van der Waals surface area (Å²) in [6.45, 7) is 3.87. The van der Waals surface area contributed by atoms with E-state index in [1.165, 1.54) is 7.11 Å². The molecule has 4 nitrogen and oxygen atoms in total. The smallest absolute Gasteiger partial charge is 0.324 e. The molecule has 0 fully saturated rings. The molecule has 20 heavy (non-hydrogen) atoms. The molecule has 0 aliphatic rings. The van der Waals surface area contributed by atoms with Crippen molar-refractivity contribution in [3.05, 3.63) is 35.4 Å². The zero-order chi connectivity index (χ0) is 15.2. The minimum atomic E-state index is -3.55. The third kappa shape index (κ3) is 4.63. The SMILES string of the molecule is CCCCC(C(=O)OC)S(=O)(=O)Cc1cccc(C)c1. The number of unbranched alkanes of at least 4 members (excludes halogenated alkanes) is 1. The molecule has 0 saturated heterocycles. The number of carbonyl (C=O) groups is 1. The van der Waals surface area contributed by atoms with Gasteiger partial charge in [-0.15, -0.1) is 0 Å². The number of hydrogen-bond acceptors (Lipinski definition) is 4. The molecule has 0 radical (unpaired) electrons. The zero-order valence-electron chi connectivity index (χ0n) is 12.3. The molecule has 5 heteroatoms. The highest BCUT2D eigenvalue weighted by molar-refractivity contribution is 7.92. The predicted molar refractivity (Wildman–Crippen MR) is 79.1 cm³/mol. The maximum absolute atomic E-state index is 12.4. The summed E-state index contributed by atoms with van der Waals surface area (Å²) in [6.07, 6.45) is 1.84. The van der Waals surface area contributed by atoms with Gasteiger partial charge in [-0.25, -0.2) is 8.42 Å². The Morgan fingerprint density at radius 2 is 2.05 bits per heavy atom. The molecule has 1 rings (SSSR count). The molecule has 0 aromatic heterocycles. The van der Waals surface area contributed by atoms with Crippen LogP contribution in [0, 0.1) is 6.92 Å². The Bertz CT molecular complexity index is 549. The van der Waals surface area contributed by atoms with Crippen molar-refractivity contribution in [2.45, 2.75) is 44.1 Å². The van der Waals surface area contributed by atoms with Gasteiger partial charge in [-0.2, -0.15) is 0 Å². The van der Waals surface area contributed by atoms with Crippen LogP contribution in [-0.2, 0) is 25.1 Å². The molecule has 1 aromatic carbocycles. The Morgan fingerprint density at radius 3 is 2.60 bits per heavy atom. The van der Waals surface area contributed by atoms with Crippen LogP contribution in [0.25, 0.3) is 0 Å². The van der Waals surface area contributed by atoms with E-state index < -0.39 is 21.1 Å². The van der Waals surface area contributed by atoms with Gasteiger partial charge in [-0.05, 0) is 18.9 Å². The first-order valence-corrected chi connectivity index (χ1v) is 8.47. The van der Waals surface area contributed by atoms with Gasteiger partial charge >= 0.3 is 5.97 Å². The number of carbonyl (C=O) groups excluding carboxylic acids is 1. The lowest BCUT2D eigenvalue weighted by atomic mass is 10.2. The van der Waals surface area contributed by atoms with E-state index in [1.807, 2.05) is 32.0 Å². The molecule has 1 unspecified atom stereocenters. The molecule has 0 aliphatic heterocycles. The van der Waals surface area contributed by atoms with Gasteiger partial charge in [-0.1, -0.05) is 49.6 Å². The van der Waals surface area contributed by atoms with Gasteiger partial charge in [0.1, 0.15) is 0 Å². The average molecular weight is 298 g/mol. The minimum absolute atomic E-state index is 0.127. The van der Waals surface area contributed by atoms with Crippen molar-refractivity contribution in [2.75, 3.05) is 7.11 Å². The highest BCUT2D eigenvalue weighted by Gasteiger charge is 2.32. The third-order valence-corrected chi connectivity index (χ3v) is 5.20. The normalized spacial score (nSPS) is 12.9. The average Bonchev–Trinajstić information content (AvgIpc) is 2.38. The van der Waals surface area contributed by atoms with Crippen LogP contribution >= 0.6 is 0 Å². The quantitative estimate of drug-likeness (QED) is 0.726. The van der Waals surface area contributed by atoms with Crippen molar-refractivity contribution in [3.8, 4) is 0 Å². The lowest BCUT2D eigenvalue weighted by molar-refractivity contribution is -0.140. The third-order valence-electron chi connectivity index (χ3n) is 3.17. The van der Waals surface area contributed by atoms with E-state index in [9.17, 15) is 13.2 Å². The summed E-state index contributed by atoms with van der Waals surface area (Å²) in [5.41, 5.74) is 1.70. The van der Waals surface area contributed by atoms with Gasteiger partial charge in [0.15, 0.2) is 15.1 Å².